The third-order valence-electron chi connectivity index (χ3n) is 1.42. The largest absolute Gasteiger partial charge is 0.480 e. The fourth-order valence-corrected chi connectivity index (χ4v) is 0.987. The molecule has 64 valence electrons. The number of hydrogen-bond acceptors (Lipinski definition) is 3. The van der Waals surface area contributed by atoms with Crippen LogP contribution in [0, 0.1) is 0 Å². The second-order valence-electron chi connectivity index (χ2n) is 2.17. The van der Waals surface area contributed by atoms with Crippen LogP contribution in [0.3, 0.4) is 0 Å². The van der Waals surface area contributed by atoms with Gasteiger partial charge in [0.2, 0.25) is 5.91 Å². The summed E-state index contributed by atoms with van der Waals surface area (Å²) in [4.78, 5) is 22.3. The van der Waals surface area contributed by atoms with Crippen LogP contribution in [0.25, 0.3) is 0 Å². The van der Waals surface area contributed by atoms with Gasteiger partial charge in [0.05, 0.1) is 0 Å². The number of nitrogens with zero attached hydrogens (tertiary/aromatic N) is 1. The molecule has 0 aliphatic rings. The number of hydrogen-bond donors (Lipinski definition) is 2. The van der Waals surface area contributed by atoms with E-state index in [0.717, 1.165) is 4.90 Å². The molecule has 0 aromatic carbocycles. The Hall–Kier alpha value is -0.710. The van der Waals surface area contributed by atoms with Crippen LogP contribution in [-0.4, -0.2) is 40.7 Å². The lowest BCUT2D eigenvalue weighted by molar-refractivity contribution is -0.147. The van der Waals surface area contributed by atoms with E-state index < -0.39 is 12.0 Å². The number of amides is 1. The van der Waals surface area contributed by atoms with Crippen molar-refractivity contribution in [1.82, 2.24) is 4.90 Å². The first-order chi connectivity index (χ1) is 5.00. The monoisotopic (exact) mass is 177 g/mol. The fraction of sp³-hybridized carbons (Fsp3) is 0.667. The molecule has 0 aliphatic carbocycles. The van der Waals surface area contributed by atoms with Crippen molar-refractivity contribution in [2.45, 2.75) is 13.0 Å². The van der Waals surface area contributed by atoms with Gasteiger partial charge in [0.15, 0.2) is 0 Å². The molecule has 0 aromatic heterocycles. The van der Waals surface area contributed by atoms with Crippen LogP contribution in [0.5, 0.6) is 0 Å². The van der Waals surface area contributed by atoms with Crippen LogP contribution >= 0.6 is 12.6 Å². The summed E-state index contributed by atoms with van der Waals surface area (Å²) in [5.41, 5.74) is 0. The van der Waals surface area contributed by atoms with Crippen molar-refractivity contribution in [3.63, 3.8) is 0 Å². The molecule has 1 N–H and O–H groups in total. The summed E-state index contributed by atoms with van der Waals surface area (Å²) in [6.07, 6.45) is 0. The molecule has 1 atom stereocenters. The zero-order chi connectivity index (χ0) is 9.02. The highest BCUT2D eigenvalue weighted by Crippen LogP contribution is 1.99. The van der Waals surface area contributed by atoms with Crippen LogP contribution in [0.15, 0.2) is 0 Å². The van der Waals surface area contributed by atoms with Gasteiger partial charge in [-0.1, -0.05) is 0 Å². The van der Waals surface area contributed by atoms with Crippen LogP contribution < -0.4 is 0 Å². The van der Waals surface area contributed by atoms with E-state index >= 15 is 0 Å². The number of aliphatic carboxylic acids is 1. The Morgan fingerprint density at radius 2 is 2.09 bits per heavy atom. The van der Waals surface area contributed by atoms with Gasteiger partial charge in [-0.15, -0.1) is 0 Å². The first kappa shape index (κ1) is 10.3. The number of likely N-dealkylation sites (N-methyl/N-ethyl adjacent to an activating group) is 1. The first-order valence-corrected chi connectivity index (χ1v) is 3.71. The summed E-state index contributed by atoms with van der Waals surface area (Å²) in [6, 6.07) is -0.823. The van der Waals surface area contributed by atoms with E-state index in [4.69, 9.17) is 5.11 Å². The summed E-state index contributed by atoms with van der Waals surface area (Å²) in [6.45, 7) is 1.32. The van der Waals surface area contributed by atoms with Crippen LogP contribution in [0.2, 0.25) is 0 Å². The van der Waals surface area contributed by atoms with Gasteiger partial charge in [0, 0.05) is 19.7 Å². The number of carboxylic acids is 1. The third kappa shape index (κ3) is 2.80. The minimum absolute atomic E-state index is 0.130. The van der Waals surface area contributed by atoms with Gasteiger partial charge >= 0.3 is 5.97 Å². The van der Waals surface area contributed by atoms with E-state index in [-0.39, 0.29) is 11.7 Å². The van der Waals surface area contributed by atoms with E-state index in [1.165, 1.54) is 14.0 Å². The maximum atomic E-state index is 10.7. The fourth-order valence-electron chi connectivity index (χ4n) is 0.586. The average molecular weight is 177 g/mol. The predicted molar refractivity (Wildman–Crippen MR) is 43.7 cm³/mol. The minimum Gasteiger partial charge on any atom is -0.480 e. The molecule has 0 radical (unpaired) electrons. The maximum absolute atomic E-state index is 10.7. The molecule has 0 saturated carbocycles. The lowest BCUT2D eigenvalue weighted by atomic mass is 10.3. The van der Waals surface area contributed by atoms with E-state index in [1.54, 1.807) is 0 Å². The number of thiol groups is 1. The Balaban J connectivity index is 4.25. The normalized spacial score (nSPS) is 12.3. The van der Waals surface area contributed by atoms with E-state index in [0.29, 0.717) is 0 Å². The number of rotatable bonds is 3. The standard InChI is InChI=1S/C6H11NO3S/c1-4(8)7(2)5(3-11)6(9)10/h5,11H,3H2,1-2H3,(H,9,10). The van der Waals surface area contributed by atoms with Gasteiger partial charge in [-0.05, 0) is 0 Å². The molecular weight excluding hydrogens is 166 g/mol. The highest BCUT2D eigenvalue weighted by molar-refractivity contribution is 7.80. The van der Waals surface area contributed by atoms with Gasteiger partial charge < -0.3 is 10.0 Å². The summed E-state index contributed by atoms with van der Waals surface area (Å²) in [5.74, 6) is -1.17. The molecule has 0 fully saturated rings. The second-order valence-corrected chi connectivity index (χ2v) is 2.53. The Kier molecular flexibility index (Phi) is 3.95. The highest BCUT2D eigenvalue weighted by atomic mass is 32.1. The van der Waals surface area contributed by atoms with E-state index in [2.05, 4.69) is 12.6 Å². The predicted octanol–water partition coefficient (Wildman–Crippen LogP) is -0.152. The summed E-state index contributed by atoms with van der Waals surface area (Å²) in [7, 11) is 1.44. The number of carboxylic acid groups (broad SMARTS) is 1. The molecular formula is C6H11NO3S. The summed E-state index contributed by atoms with van der Waals surface area (Å²) >= 11 is 3.81. The Morgan fingerprint density at radius 3 is 2.18 bits per heavy atom. The molecule has 0 heterocycles. The molecule has 11 heavy (non-hydrogen) atoms. The lowest BCUT2D eigenvalue weighted by Gasteiger charge is -2.21. The average Bonchev–Trinajstić information content (AvgIpc) is 1.88. The SMILES string of the molecule is CC(=O)N(C)C(CS)C(=O)O. The second kappa shape index (κ2) is 4.23. The maximum Gasteiger partial charge on any atom is 0.327 e. The topological polar surface area (TPSA) is 57.6 Å². The van der Waals surface area contributed by atoms with Gasteiger partial charge in [0.1, 0.15) is 6.04 Å². The van der Waals surface area contributed by atoms with Crippen molar-refractivity contribution < 1.29 is 14.7 Å². The van der Waals surface area contributed by atoms with Crippen LogP contribution in [-0.2, 0) is 9.59 Å². The van der Waals surface area contributed by atoms with Gasteiger partial charge in [-0.2, -0.15) is 12.6 Å². The Bertz CT molecular complexity index is 171. The first-order valence-electron chi connectivity index (χ1n) is 3.07. The number of carbonyl (C=O) groups excluding carboxylic acids is 1. The van der Waals surface area contributed by atoms with Crippen LogP contribution in [0.4, 0.5) is 0 Å². The molecule has 0 aliphatic heterocycles. The molecule has 0 rings (SSSR count). The minimum atomic E-state index is -1.03. The van der Waals surface area contributed by atoms with Crippen molar-refractivity contribution in [3.05, 3.63) is 0 Å². The lowest BCUT2D eigenvalue weighted by Crippen LogP contribution is -2.42. The van der Waals surface area contributed by atoms with Crippen molar-refractivity contribution in [2.75, 3.05) is 12.8 Å². The molecule has 0 aromatic rings. The van der Waals surface area contributed by atoms with E-state index in [1.807, 2.05) is 0 Å². The summed E-state index contributed by atoms with van der Waals surface area (Å²) < 4.78 is 0. The van der Waals surface area contributed by atoms with Crippen LogP contribution in [0.1, 0.15) is 6.92 Å². The molecule has 4 nitrogen and oxygen atoms in total. The van der Waals surface area contributed by atoms with Crippen molar-refractivity contribution in [1.29, 1.82) is 0 Å². The van der Waals surface area contributed by atoms with Crippen molar-refractivity contribution in [3.8, 4) is 0 Å². The Morgan fingerprint density at radius 1 is 1.64 bits per heavy atom. The zero-order valence-electron chi connectivity index (χ0n) is 6.44. The molecule has 1 amide bonds. The molecule has 0 spiro atoms. The number of carbonyl (C=O) groups is 2. The van der Waals surface area contributed by atoms with Gasteiger partial charge in [-0.3, -0.25) is 4.79 Å². The van der Waals surface area contributed by atoms with Gasteiger partial charge in [-0.25, -0.2) is 4.79 Å². The van der Waals surface area contributed by atoms with Crippen molar-refractivity contribution >= 4 is 24.5 Å². The molecule has 0 bridgehead atoms. The zero-order valence-corrected chi connectivity index (χ0v) is 7.34. The highest BCUT2D eigenvalue weighted by Gasteiger charge is 2.22. The molecule has 0 saturated heterocycles. The molecule has 1 unspecified atom stereocenters. The smallest absolute Gasteiger partial charge is 0.327 e. The third-order valence-corrected chi connectivity index (χ3v) is 1.77. The van der Waals surface area contributed by atoms with E-state index in [9.17, 15) is 9.59 Å². The summed E-state index contributed by atoms with van der Waals surface area (Å²) in [5, 5.41) is 8.55. The van der Waals surface area contributed by atoms with Crippen molar-refractivity contribution in [2.24, 2.45) is 0 Å². The molecule has 5 heteroatoms. The quantitative estimate of drug-likeness (QED) is 0.589. The Labute approximate surface area is 70.6 Å². The van der Waals surface area contributed by atoms with Gasteiger partial charge in [0.25, 0.3) is 0 Å².